The number of hydrogen-bond acceptors (Lipinski definition) is 8. The molecule has 2 aromatic heterocycles. The van der Waals surface area contributed by atoms with Gasteiger partial charge >= 0.3 is 6.18 Å². The molecule has 0 atom stereocenters. The van der Waals surface area contributed by atoms with Crippen molar-refractivity contribution in [3.63, 3.8) is 0 Å². The number of anilines is 3. The lowest BCUT2D eigenvalue weighted by Gasteiger charge is -2.26. The predicted octanol–water partition coefficient (Wildman–Crippen LogP) is 7.84. The summed E-state index contributed by atoms with van der Waals surface area (Å²) < 4.78 is 48.5. The third-order valence-electron chi connectivity index (χ3n) is 7.78. The van der Waals surface area contributed by atoms with Gasteiger partial charge in [-0.3, -0.25) is 9.59 Å². The van der Waals surface area contributed by atoms with Crippen LogP contribution >= 0.6 is 11.7 Å². The molecule has 0 radical (unpaired) electrons. The SMILES string of the molecule is Cc1ccc(N(c2ccc(C)cc2)c2ccc(-c3cnc(/N=c4\c(=O)c(=O)c5cc(C(F)(F)F)ccc45)c4nsnc34)cc2)cc1. The first kappa shape index (κ1) is 29.2. The molecule has 0 aliphatic heterocycles. The van der Waals surface area contributed by atoms with Gasteiger partial charge in [-0.25, -0.2) is 9.98 Å². The molecular weight excluding hydrogens is 611 g/mol. The molecule has 0 spiro atoms. The van der Waals surface area contributed by atoms with Crippen LogP contribution in [-0.2, 0) is 6.18 Å². The average molecular weight is 634 g/mol. The Kier molecular flexibility index (Phi) is 7.05. The van der Waals surface area contributed by atoms with Crippen molar-refractivity contribution in [3.05, 3.63) is 140 Å². The molecule has 2 heterocycles. The Morgan fingerprint density at radius 2 is 1.26 bits per heavy atom. The molecule has 226 valence electrons. The number of fused-ring (bicyclic) bond motifs is 2. The lowest BCUT2D eigenvalue weighted by atomic mass is 10.0. The minimum atomic E-state index is -4.66. The first-order valence-electron chi connectivity index (χ1n) is 14.1. The highest BCUT2D eigenvalue weighted by atomic mass is 32.1. The van der Waals surface area contributed by atoms with Crippen LogP contribution in [0.4, 0.5) is 36.1 Å². The first-order valence-corrected chi connectivity index (χ1v) is 14.9. The minimum absolute atomic E-state index is 0.0208. The van der Waals surface area contributed by atoms with E-state index >= 15 is 0 Å². The maximum Gasteiger partial charge on any atom is 0.416 e. The Balaban J connectivity index is 1.29. The lowest BCUT2D eigenvalue weighted by Crippen LogP contribution is -2.30. The van der Waals surface area contributed by atoms with Crippen LogP contribution in [0.25, 0.3) is 32.9 Å². The second-order valence-corrected chi connectivity index (χ2v) is 11.4. The Hall–Kier alpha value is -5.55. The summed E-state index contributed by atoms with van der Waals surface area (Å²) in [6.45, 7) is 4.09. The smallest absolute Gasteiger partial charge is 0.311 e. The molecule has 5 aromatic carbocycles. The number of benzene rings is 4. The number of aromatic nitrogens is 3. The summed E-state index contributed by atoms with van der Waals surface area (Å²) in [5, 5.41) is -0.597. The molecular formula is C35H22F3N5O2S. The number of hydrogen-bond donors (Lipinski definition) is 0. The molecule has 0 unspecified atom stereocenters. The van der Waals surface area contributed by atoms with E-state index in [1.54, 1.807) is 6.20 Å². The maximum absolute atomic E-state index is 13.2. The van der Waals surface area contributed by atoms with Gasteiger partial charge in [-0.05, 0) is 67.9 Å². The Morgan fingerprint density at radius 3 is 1.85 bits per heavy atom. The van der Waals surface area contributed by atoms with E-state index in [-0.39, 0.29) is 21.9 Å². The number of rotatable bonds is 5. The van der Waals surface area contributed by atoms with Crippen LogP contribution in [0.3, 0.4) is 0 Å². The van der Waals surface area contributed by atoms with Crippen LogP contribution < -0.4 is 21.1 Å². The Morgan fingerprint density at radius 1 is 0.696 bits per heavy atom. The molecule has 0 bridgehead atoms. The molecule has 46 heavy (non-hydrogen) atoms. The van der Waals surface area contributed by atoms with Crippen LogP contribution in [-0.4, -0.2) is 13.7 Å². The van der Waals surface area contributed by atoms with Gasteiger partial charge in [0.15, 0.2) is 5.82 Å². The fourth-order valence-corrected chi connectivity index (χ4v) is 5.92. The molecule has 0 amide bonds. The van der Waals surface area contributed by atoms with Crippen molar-refractivity contribution in [2.45, 2.75) is 20.0 Å². The highest BCUT2D eigenvalue weighted by molar-refractivity contribution is 7.00. The summed E-state index contributed by atoms with van der Waals surface area (Å²) in [6, 6.07) is 27.1. The molecule has 0 N–H and O–H groups in total. The zero-order chi connectivity index (χ0) is 32.2. The van der Waals surface area contributed by atoms with Gasteiger partial charge in [0, 0.05) is 39.6 Å². The van der Waals surface area contributed by atoms with Crippen LogP contribution in [0, 0.1) is 13.8 Å². The third kappa shape index (κ3) is 5.14. The molecule has 0 aliphatic carbocycles. The van der Waals surface area contributed by atoms with Gasteiger partial charge in [0.1, 0.15) is 16.4 Å². The summed E-state index contributed by atoms with van der Waals surface area (Å²) in [5.41, 5.74) is 4.51. The van der Waals surface area contributed by atoms with Gasteiger partial charge in [0.2, 0.25) is 5.43 Å². The highest BCUT2D eigenvalue weighted by Gasteiger charge is 2.31. The molecule has 7 aromatic rings. The number of nitrogens with zero attached hydrogens (tertiary/aromatic N) is 5. The van der Waals surface area contributed by atoms with Crippen molar-refractivity contribution in [1.29, 1.82) is 0 Å². The maximum atomic E-state index is 13.2. The monoisotopic (exact) mass is 633 g/mol. The number of alkyl halides is 3. The first-order chi connectivity index (χ1) is 22.1. The average Bonchev–Trinajstić information content (AvgIpc) is 3.63. The van der Waals surface area contributed by atoms with E-state index in [4.69, 9.17) is 0 Å². The largest absolute Gasteiger partial charge is 0.416 e. The highest BCUT2D eigenvalue weighted by Crippen LogP contribution is 2.37. The van der Waals surface area contributed by atoms with Crippen molar-refractivity contribution < 1.29 is 13.2 Å². The Bertz CT molecular complexity index is 2370. The van der Waals surface area contributed by atoms with Gasteiger partial charge in [0.05, 0.1) is 17.3 Å². The van der Waals surface area contributed by atoms with Crippen molar-refractivity contribution in [2.24, 2.45) is 4.99 Å². The van der Waals surface area contributed by atoms with Crippen molar-refractivity contribution >= 4 is 56.4 Å². The minimum Gasteiger partial charge on any atom is -0.311 e. The summed E-state index contributed by atoms with van der Waals surface area (Å²) in [6.07, 6.45) is -3.10. The second-order valence-electron chi connectivity index (χ2n) is 10.9. The second kappa shape index (κ2) is 11.1. The molecule has 0 saturated carbocycles. The molecule has 7 nitrogen and oxygen atoms in total. The molecule has 0 aliphatic rings. The quantitative estimate of drug-likeness (QED) is 0.180. The number of aryl methyl sites for hydroxylation is 2. The van der Waals surface area contributed by atoms with E-state index in [0.717, 1.165) is 57.6 Å². The fraction of sp³-hybridized carbons (Fsp3) is 0.0857. The molecule has 7 rings (SSSR count). The third-order valence-corrected chi connectivity index (χ3v) is 8.31. The normalized spacial score (nSPS) is 12.3. The number of halogens is 3. The topological polar surface area (TPSA) is 88.4 Å². The number of pyridine rings is 1. The van der Waals surface area contributed by atoms with E-state index in [1.807, 2.05) is 38.1 Å². The fourth-order valence-electron chi connectivity index (χ4n) is 5.36. The van der Waals surface area contributed by atoms with E-state index in [9.17, 15) is 22.8 Å². The zero-order valence-electron chi connectivity index (χ0n) is 24.3. The molecule has 0 fully saturated rings. The van der Waals surface area contributed by atoms with Gasteiger partial charge in [-0.2, -0.15) is 21.9 Å². The van der Waals surface area contributed by atoms with Crippen molar-refractivity contribution in [3.8, 4) is 11.1 Å². The van der Waals surface area contributed by atoms with Gasteiger partial charge in [0.25, 0.3) is 5.43 Å². The zero-order valence-corrected chi connectivity index (χ0v) is 25.1. The summed E-state index contributed by atoms with van der Waals surface area (Å²) in [5.74, 6) is 0.0398. The van der Waals surface area contributed by atoms with Crippen LogP contribution in [0.5, 0.6) is 0 Å². The van der Waals surface area contributed by atoms with Crippen LogP contribution in [0.2, 0.25) is 0 Å². The lowest BCUT2D eigenvalue weighted by molar-refractivity contribution is -0.137. The Labute approximate surface area is 263 Å². The summed E-state index contributed by atoms with van der Waals surface area (Å²) in [4.78, 5) is 36.3. The van der Waals surface area contributed by atoms with E-state index in [1.165, 1.54) is 0 Å². The van der Waals surface area contributed by atoms with E-state index < -0.39 is 22.6 Å². The molecule has 11 heteroatoms. The van der Waals surface area contributed by atoms with Crippen molar-refractivity contribution in [2.75, 3.05) is 4.90 Å². The summed E-state index contributed by atoms with van der Waals surface area (Å²) in [7, 11) is 0. The van der Waals surface area contributed by atoms with E-state index in [2.05, 4.69) is 72.2 Å². The standard InChI is InChI=1S/C35H22F3N5O2S/c1-19-3-10-23(11-4-19)43(24-12-5-20(2)6-13-24)25-14-7-21(8-15-25)28-18-39-34(31-29(28)41-46-42-31)40-30-26-16-9-22(35(36,37)38)17-27(26)32(44)33(30)45/h3-18H,1-2H3/b40-30-. The van der Waals surface area contributed by atoms with Crippen LogP contribution in [0.15, 0.2) is 112 Å². The summed E-state index contributed by atoms with van der Waals surface area (Å²) >= 11 is 0.936. The van der Waals surface area contributed by atoms with Crippen molar-refractivity contribution in [1.82, 2.24) is 13.7 Å². The van der Waals surface area contributed by atoms with Gasteiger partial charge in [-0.15, -0.1) is 0 Å². The molecule has 0 saturated heterocycles. The predicted molar refractivity (Wildman–Crippen MR) is 174 cm³/mol. The van der Waals surface area contributed by atoms with Gasteiger partial charge in [-0.1, -0.05) is 53.6 Å². The van der Waals surface area contributed by atoms with Gasteiger partial charge < -0.3 is 4.90 Å². The van der Waals surface area contributed by atoms with E-state index in [0.29, 0.717) is 22.7 Å². The van der Waals surface area contributed by atoms with Crippen LogP contribution in [0.1, 0.15) is 16.7 Å².